The summed E-state index contributed by atoms with van der Waals surface area (Å²) >= 11 is 0. The van der Waals surface area contributed by atoms with Crippen molar-refractivity contribution in [2.24, 2.45) is 11.3 Å². The minimum Gasteiger partial charge on any atom is -0.294 e. The summed E-state index contributed by atoms with van der Waals surface area (Å²) in [5, 5.41) is 2.36. The van der Waals surface area contributed by atoms with Crippen molar-refractivity contribution in [1.82, 2.24) is 10.2 Å². The van der Waals surface area contributed by atoms with E-state index >= 15 is 0 Å². The summed E-state index contributed by atoms with van der Waals surface area (Å²) in [6, 6.07) is -0.333. The number of nitrogens with one attached hydrogen (secondary N) is 1. The van der Waals surface area contributed by atoms with Crippen molar-refractivity contribution in [2.45, 2.75) is 27.2 Å². The Balaban J connectivity index is 2.30. The lowest BCUT2D eigenvalue weighted by Gasteiger charge is -2.32. The highest BCUT2D eigenvalue weighted by atomic mass is 16.2. The number of amides is 3. The normalized spacial score (nSPS) is 27.4. The number of allylic oxidation sites excluding steroid dienone is 5. The first kappa shape index (κ1) is 13.6. The van der Waals surface area contributed by atoms with E-state index in [1.54, 1.807) is 4.90 Å². The van der Waals surface area contributed by atoms with Gasteiger partial charge in [-0.15, -0.1) is 0 Å². The summed E-state index contributed by atoms with van der Waals surface area (Å²) in [5.74, 6) is 0.220. The van der Waals surface area contributed by atoms with E-state index in [2.05, 4.69) is 38.2 Å². The van der Waals surface area contributed by atoms with E-state index in [9.17, 15) is 9.59 Å². The molecule has 1 aliphatic carbocycles. The number of carbonyl (C=O) groups excluding carboxylic acids is 2. The number of carbonyl (C=O) groups is 2. The smallest absolute Gasteiger partial charge is 0.294 e. The fourth-order valence-corrected chi connectivity index (χ4v) is 2.17. The average molecular weight is 260 g/mol. The zero-order chi connectivity index (χ0) is 14.0. The lowest BCUT2D eigenvalue weighted by molar-refractivity contribution is -0.121. The van der Waals surface area contributed by atoms with Gasteiger partial charge < -0.3 is 0 Å². The van der Waals surface area contributed by atoms with Crippen LogP contribution in [0.2, 0.25) is 0 Å². The van der Waals surface area contributed by atoms with E-state index in [4.69, 9.17) is 0 Å². The van der Waals surface area contributed by atoms with E-state index in [0.29, 0.717) is 18.9 Å². The summed E-state index contributed by atoms with van der Waals surface area (Å²) in [7, 11) is 0. The fourth-order valence-electron chi connectivity index (χ4n) is 2.17. The lowest BCUT2D eigenvalue weighted by Crippen LogP contribution is -2.48. The van der Waals surface area contributed by atoms with Crippen LogP contribution in [-0.4, -0.2) is 23.4 Å². The van der Waals surface area contributed by atoms with Crippen LogP contribution in [0.1, 0.15) is 27.2 Å². The molecule has 0 bridgehead atoms. The Hall–Kier alpha value is -1.84. The molecule has 2 rings (SSSR count). The summed E-state index contributed by atoms with van der Waals surface area (Å²) in [6.07, 6.45) is 10.5. The Bertz CT molecular complexity index is 488. The van der Waals surface area contributed by atoms with Crippen molar-refractivity contribution in [3.63, 3.8) is 0 Å². The van der Waals surface area contributed by atoms with Crippen molar-refractivity contribution >= 4 is 11.9 Å². The van der Waals surface area contributed by atoms with Crippen LogP contribution in [0.15, 0.2) is 36.1 Å². The van der Waals surface area contributed by atoms with Gasteiger partial charge in [0.1, 0.15) is 0 Å². The third kappa shape index (κ3) is 2.78. The van der Waals surface area contributed by atoms with Gasteiger partial charge in [0.15, 0.2) is 0 Å². The second kappa shape index (κ2) is 5.03. The molecule has 19 heavy (non-hydrogen) atoms. The SMILES string of the molecule is CC(C)C1(C)C=CC=CC(N2CCC(=O)NC2=O)=C1. The third-order valence-electron chi connectivity index (χ3n) is 3.90. The van der Waals surface area contributed by atoms with Gasteiger partial charge in [0, 0.05) is 24.1 Å². The molecule has 2 aliphatic rings. The molecule has 0 spiro atoms. The van der Waals surface area contributed by atoms with Crippen LogP contribution in [0, 0.1) is 11.3 Å². The molecule has 1 heterocycles. The Morgan fingerprint density at radius 3 is 2.68 bits per heavy atom. The van der Waals surface area contributed by atoms with Crippen LogP contribution in [0.3, 0.4) is 0 Å². The van der Waals surface area contributed by atoms with Crippen molar-refractivity contribution < 1.29 is 9.59 Å². The molecule has 3 amide bonds. The number of imide groups is 1. The monoisotopic (exact) mass is 260 g/mol. The number of hydrogen-bond acceptors (Lipinski definition) is 2. The van der Waals surface area contributed by atoms with Gasteiger partial charge in [0.2, 0.25) is 5.91 Å². The average Bonchev–Trinajstić information content (AvgIpc) is 2.52. The molecule has 1 aliphatic heterocycles. The van der Waals surface area contributed by atoms with Gasteiger partial charge in [0.25, 0.3) is 0 Å². The van der Waals surface area contributed by atoms with Crippen LogP contribution >= 0.6 is 0 Å². The van der Waals surface area contributed by atoms with Gasteiger partial charge in [-0.25, -0.2) is 4.79 Å². The Morgan fingerprint density at radius 2 is 2.05 bits per heavy atom. The van der Waals surface area contributed by atoms with Crippen molar-refractivity contribution in [2.75, 3.05) is 6.54 Å². The molecule has 0 saturated carbocycles. The molecular formula is C15H20N2O2. The van der Waals surface area contributed by atoms with Crippen LogP contribution in [0.25, 0.3) is 0 Å². The molecule has 0 aromatic heterocycles. The number of nitrogens with zero attached hydrogens (tertiary/aromatic N) is 1. The molecule has 1 atom stereocenters. The van der Waals surface area contributed by atoms with Crippen molar-refractivity contribution in [3.8, 4) is 0 Å². The Kier molecular flexibility index (Phi) is 3.60. The van der Waals surface area contributed by atoms with Gasteiger partial charge in [-0.2, -0.15) is 0 Å². The molecule has 1 saturated heterocycles. The molecule has 0 aromatic rings. The summed E-state index contributed by atoms with van der Waals surface area (Å²) < 4.78 is 0. The predicted molar refractivity (Wildman–Crippen MR) is 74.2 cm³/mol. The van der Waals surface area contributed by atoms with Gasteiger partial charge in [-0.3, -0.25) is 15.0 Å². The first-order valence-corrected chi connectivity index (χ1v) is 6.62. The molecule has 4 heteroatoms. The maximum atomic E-state index is 11.9. The molecule has 0 radical (unpaired) electrons. The molecule has 1 unspecified atom stereocenters. The highest BCUT2D eigenvalue weighted by molar-refractivity contribution is 5.97. The molecule has 0 aromatic carbocycles. The molecule has 4 nitrogen and oxygen atoms in total. The largest absolute Gasteiger partial charge is 0.328 e. The lowest BCUT2D eigenvalue weighted by atomic mass is 9.78. The van der Waals surface area contributed by atoms with Crippen molar-refractivity contribution in [3.05, 3.63) is 36.1 Å². The van der Waals surface area contributed by atoms with Gasteiger partial charge in [-0.1, -0.05) is 45.1 Å². The van der Waals surface area contributed by atoms with E-state index in [1.807, 2.05) is 18.2 Å². The second-order valence-electron chi connectivity index (χ2n) is 5.56. The number of rotatable bonds is 2. The quantitative estimate of drug-likeness (QED) is 0.829. The van der Waals surface area contributed by atoms with E-state index in [1.165, 1.54) is 0 Å². The highest BCUT2D eigenvalue weighted by Gasteiger charge is 2.29. The summed E-state index contributed by atoms with van der Waals surface area (Å²) in [6.45, 7) is 6.90. The summed E-state index contributed by atoms with van der Waals surface area (Å²) in [5.41, 5.74) is 0.756. The van der Waals surface area contributed by atoms with Gasteiger partial charge in [0.05, 0.1) is 0 Å². The third-order valence-corrected chi connectivity index (χ3v) is 3.90. The first-order valence-electron chi connectivity index (χ1n) is 6.62. The van der Waals surface area contributed by atoms with E-state index in [0.717, 1.165) is 5.70 Å². The van der Waals surface area contributed by atoms with Gasteiger partial charge >= 0.3 is 6.03 Å². The molecule has 1 N–H and O–H groups in total. The van der Waals surface area contributed by atoms with E-state index < -0.39 is 0 Å². The van der Waals surface area contributed by atoms with Crippen LogP contribution in [0.4, 0.5) is 4.79 Å². The molecular weight excluding hydrogens is 240 g/mol. The Labute approximate surface area is 113 Å². The van der Waals surface area contributed by atoms with Crippen LogP contribution in [-0.2, 0) is 4.79 Å². The van der Waals surface area contributed by atoms with Crippen molar-refractivity contribution in [1.29, 1.82) is 0 Å². The topological polar surface area (TPSA) is 49.4 Å². The minimum atomic E-state index is -0.333. The zero-order valence-electron chi connectivity index (χ0n) is 11.6. The van der Waals surface area contributed by atoms with Crippen LogP contribution < -0.4 is 5.32 Å². The predicted octanol–water partition coefficient (Wildman–Crippen LogP) is 2.60. The zero-order valence-corrected chi connectivity index (χ0v) is 11.6. The summed E-state index contributed by atoms with van der Waals surface area (Å²) in [4.78, 5) is 24.7. The maximum Gasteiger partial charge on any atom is 0.328 e. The first-order chi connectivity index (χ1) is 8.92. The molecule has 102 valence electrons. The van der Waals surface area contributed by atoms with Crippen LogP contribution in [0.5, 0.6) is 0 Å². The van der Waals surface area contributed by atoms with Gasteiger partial charge in [-0.05, 0) is 12.0 Å². The Morgan fingerprint density at radius 1 is 1.32 bits per heavy atom. The highest BCUT2D eigenvalue weighted by Crippen LogP contribution is 2.34. The number of hydrogen-bond donors (Lipinski definition) is 1. The second-order valence-corrected chi connectivity index (χ2v) is 5.56. The molecule has 1 fully saturated rings. The standard InChI is InChI=1S/C15H20N2O2/c1-11(2)15(3)8-5-4-6-12(10-15)17-9-7-13(18)16-14(17)19/h4-6,8,10-11H,7,9H2,1-3H3,(H,16,18,19). The maximum absolute atomic E-state index is 11.9. The minimum absolute atomic E-state index is 0.0967. The van der Waals surface area contributed by atoms with E-state index in [-0.39, 0.29) is 17.4 Å². The fraction of sp³-hybridized carbons (Fsp3) is 0.467. The number of urea groups is 1.